The highest BCUT2D eigenvalue weighted by molar-refractivity contribution is 7.93. The summed E-state index contributed by atoms with van der Waals surface area (Å²) >= 11 is 0. The zero-order chi connectivity index (χ0) is 23.2. The molecular formula is C24H31NO5S. The van der Waals surface area contributed by atoms with E-state index in [4.69, 9.17) is 4.74 Å². The third kappa shape index (κ3) is 6.17. The van der Waals surface area contributed by atoms with Gasteiger partial charge in [0.15, 0.2) is 0 Å². The Morgan fingerprint density at radius 3 is 1.90 bits per heavy atom. The highest BCUT2D eigenvalue weighted by Gasteiger charge is 2.31. The number of esters is 1. The van der Waals surface area contributed by atoms with Crippen LogP contribution in [-0.4, -0.2) is 20.3 Å². The van der Waals surface area contributed by atoms with Crippen molar-refractivity contribution in [2.45, 2.75) is 70.6 Å². The number of carbonyl (C=O) groups is 2. The number of anilines is 1. The van der Waals surface area contributed by atoms with E-state index in [9.17, 15) is 18.0 Å². The molecule has 0 radical (unpaired) electrons. The molecule has 7 heteroatoms. The van der Waals surface area contributed by atoms with E-state index in [1.54, 1.807) is 12.1 Å². The molecule has 0 heterocycles. The zero-order valence-corrected chi connectivity index (χ0v) is 19.7. The van der Waals surface area contributed by atoms with Crippen molar-refractivity contribution >= 4 is 27.6 Å². The highest BCUT2D eigenvalue weighted by atomic mass is 32.2. The second-order valence-corrected chi connectivity index (χ2v) is 10.2. The lowest BCUT2D eigenvalue weighted by molar-refractivity contribution is -0.134. The summed E-state index contributed by atoms with van der Waals surface area (Å²) in [5.41, 5.74) is 1.08. The van der Waals surface area contributed by atoms with Gasteiger partial charge in [0.1, 0.15) is 5.75 Å². The summed E-state index contributed by atoms with van der Waals surface area (Å²) in [6.07, 6.45) is 1.57. The Kier molecular flexibility index (Phi) is 8.01. The van der Waals surface area contributed by atoms with Crippen molar-refractivity contribution in [2.75, 3.05) is 4.31 Å². The molecule has 0 aliphatic heterocycles. The van der Waals surface area contributed by atoms with Crippen molar-refractivity contribution in [1.82, 2.24) is 0 Å². The van der Waals surface area contributed by atoms with Crippen molar-refractivity contribution in [2.24, 2.45) is 0 Å². The van der Waals surface area contributed by atoms with Crippen LogP contribution in [0.1, 0.15) is 65.9 Å². The average Bonchev–Trinajstić information content (AvgIpc) is 2.69. The normalized spacial score (nSPS) is 11.8. The first kappa shape index (κ1) is 24.6. The first-order valence-corrected chi connectivity index (χ1v) is 11.9. The fraction of sp³-hybridized carbons (Fsp3) is 0.417. The Balaban J connectivity index is 2.42. The number of hydrogen-bond acceptors (Lipinski definition) is 5. The van der Waals surface area contributed by atoms with Gasteiger partial charge in [0.25, 0.3) is 10.0 Å². The van der Waals surface area contributed by atoms with Crippen molar-refractivity contribution in [3.63, 3.8) is 0 Å². The first-order valence-electron chi connectivity index (χ1n) is 10.5. The summed E-state index contributed by atoms with van der Waals surface area (Å²) in [7, 11) is -4.11. The molecule has 168 valence electrons. The van der Waals surface area contributed by atoms with Gasteiger partial charge < -0.3 is 4.74 Å². The molecule has 0 spiro atoms. The van der Waals surface area contributed by atoms with Crippen molar-refractivity contribution in [3.8, 4) is 5.75 Å². The summed E-state index contributed by atoms with van der Waals surface area (Å²) in [6, 6.07) is 12.5. The van der Waals surface area contributed by atoms with Crippen LogP contribution in [0.5, 0.6) is 5.75 Å². The molecule has 6 nitrogen and oxygen atoms in total. The Morgan fingerprint density at radius 2 is 1.42 bits per heavy atom. The van der Waals surface area contributed by atoms with E-state index in [1.807, 2.05) is 34.6 Å². The minimum absolute atomic E-state index is 0.0448. The van der Waals surface area contributed by atoms with E-state index in [1.165, 1.54) is 36.4 Å². The molecule has 0 saturated heterocycles. The third-order valence-corrected chi connectivity index (χ3v) is 6.47. The maximum absolute atomic E-state index is 13.4. The van der Waals surface area contributed by atoms with E-state index in [2.05, 4.69) is 0 Å². The summed E-state index contributed by atoms with van der Waals surface area (Å²) in [5.74, 6) is -0.573. The number of sulfonamides is 1. The van der Waals surface area contributed by atoms with Gasteiger partial charge in [-0.3, -0.25) is 9.59 Å². The van der Waals surface area contributed by atoms with Crippen LogP contribution < -0.4 is 9.04 Å². The second kappa shape index (κ2) is 10.1. The Bertz CT molecular complexity index is 1000. The van der Waals surface area contributed by atoms with E-state index >= 15 is 0 Å². The fourth-order valence-corrected chi connectivity index (χ4v) is 4.45. The smallest absolute Gasteiger partial charge is 0.311 e. The van der Waals surface area contributed by atoms with Crippen LogP contribution in [-0.2, 0) is 25.0 Å². The van der Waals surface area contributed by atoms with E-state index in [0.717, 1.165) is 9.87 Å². The topological polar surface area (TPSA) is 80.8 Å². The number of hydrogen-bond donors (Lipinski definition) is 0. The second-order valence-electron chi connectivity index (χ2n) is 8.41. The zero-order valence-electron chi connectivity index (χ0n) is 18.8. The number of amides is 1. The predicted molar refractivity (Wildman–Crippen MR) is 122 cm³/mol. The minimum Gasteiger partial charge on any atom is -0.427 e. The lowest BCUT2D eigenvalue weighted by Gasteiger charge is -2.24. The van der Waals surface area contributed by atoms with Gasteiger partial charge in [0.05, 0.1) is 10.6 Å². The summed E-state index contributed by atoms with van der Waals surface area (Å²) in [6.45, 7) is 9.82. The Hall–Kier alpha value is -2.67. The average molecular weight is 446 g/mol. The predicted octanol–water partition coefficient (Wildman–Crippen LogP) is 5.21. The van der Waals surface area contributed by atoms with E-state index in [-0.39, 0.29) is 28.4 Å². The van der Waals surface area contributed by atoms with Gasteiger partial charge in [-0.1, -0.05) is 46.8 Å². The van der Waals surface area contributed by atoms with Crippen LogP contribution >= 0.6 is 0 Å². The van der Waals surface area contributed by atoms with Crippen molar-refractivity contribution in [1.29, 1.82) is 0 Å². The fourth-order valence-electron chi connectivity index (χ4n) is 3.00. The van der Waals surface area contributed by atoms with E-state index < -0.39 is 15.9 Å². The molecule has 0 bridgehead atoms. The van der Waals surface area contributed by atoms with Gasteiger partial charge in [-0.25, -0.2) is 12.7 Å². The van der Waals surface area contributed by atoms with Gasteiger partial charge in [0.2, 0.25) is 5.91 Å². The van der Waals surface area contributed by atoms with Gasteiger partial charge >= 0.3 is 5.97 Å². The quantitative estimate of drug-likeness (QED) is 0.411. The Morgan fingerprint density at radius 1 is 0.871 bits per heavy atom. The molecule has 0 saturated carbocycles. The van der Waals surface area contributed by atoms with Crippen LogP contribution in [0.4, 0.5) is 5.69 Å². The number of carbonyl (C=O) groups excluding carboxylic acids is 2. The molecule has 0 aliphatic rings. The van der Waals surface area contributed by atoms with Crippen LogP contribution in [0.3, 0.4) is 0 Å². The maximum Gasteiger partial charge on any atom is 0.311 e. The number of nitrogens with zero attached hydrogens (tertiary/aromatic N) is 1. The third-order valence-electron chi connectivity index (χ3n) is 4.71. The number of rotatable bonds is 8. The molecule has 0 fully saturated rings. The molecule has 0 N–H and O–H groups in total. The summed E-state index contributed by atoms with van der Waals surface area (Å²) < 4.78 is 32.8. The van der Waals surface area contributed by atoms with E-state index in [0.29, 0.717) is 25.0 Å². The van der Waals surface area contributed by atoms with Crippen LogP contribution in [0.2, 0.25) is 0 Å². The highest BCUT2D eigenvalue weighted by Crippen LogP contribution is 2.29. The summed E-state index contributed by atoms with van der Waals surface area (Å²) in [5, 5.41) is 0. The SMILES string of the molecule is CCCC(=O)Oc1ccc(N(C(=O)CCC)S(=O)(=O)c2ccc(C(C)(C)C)cc2)cc1. The van der Waals surface area contributed by atoms with Crippen molar-refractivity contribution < 1.29 is 22.7 Å². The van der Waals surface area contributed by atoms with Gasteiger partial charge in [-0.2, -0.15) is 0 Å². The van der Waals surface area contributed by atoms with Crippen LogP contribution in [0, 0.1) is 0 Å². The molecule has 1 amide bonds. The van der Waals surface area contributed by atoms with Gasteiger partial charge in [0, 0.05) is 12.8 Å². The molecule has 0 aromatic heterocycles. The monoisotopic (exact) mass is 445 g/mol. The molecule has 2 aromatic rings. The lowest BCUT2D eigenvalue weighted by atomic mass is 9.87. The molecule has 2 aromatic carbocycles. The summed E-state index contributed by atoms with van der Waals surface area (Å²) in [4.78, 5) is 24.5. The number of benzene rings is 2. The van der Waals surface area contributed by atoms with Gasteiger partial charge in [-0.05, 0) is 60.2 Å². The maximum atomic E-state index is 13.4. The molecule has 0 unspecified atom stereocenters. The van der Waals surface area contributed by atoms with Crippen LogP contribution in [0.25, 0.3) is 0 Å². The molecule has 2 rings (SSSR count). The molecule has 31 heavy (non-hydrogen) atoms. The number of ether oxygens (including phenoxy) is 1. The minimum atomic E-state index is -4.11. The molecular weight excluding hydrogens is 414 g/mol. The lowest BCUT2D eigenvalue weighted by Crippen LogP contribution is -2.36. The largest absolute Gasteiger partial charge is 0.427 e. The molecule has 0 aliphatic carbocycles. The first-order chi connectivity index (χ1) is 14.5. The van der Waals surface area contributed by atoms with Gasteiger partial charge in [-0.15, -0.1) is 0 Å². The molecule has 0 atom stereocenters. The van der Waals surface area contributed by atoms with Crippen LogP contribution in [0.15, 0.2) is 53.4 Å². The van der Waals surface area contributed by atoms with Crippen molar-refractivity contribution in [3.05, 3.63) is 54.1 Å². The Labute approximate surface area is 185 Å². The standard InChI is InChI=1S/C24H31NO5S/c1-6-8-22(26)25(19-12-14-20(15-13-19)30-23(27)9-7-2)31(28,29)21-16-10-18(11-17-21)24(3,4)5/h10-17H,6-9H2,1-5H3.